The Hall–Kier alpha value is -0.380. The van der Waals surface area contributed by atoms with Crippen LogP contribution in [0.15, 0.2) is 17.5 Å². The molecule has 1 heterocycles. The Balaban J connectivity index is 1.93. The molecule has 0 radical (unpaired) electrons. The smallest absolute Gasteiger partial charge is 0.0327 e. The fourth-order valence-electron chi connectivity index (χ4n) is 3.22. The zero-order chi connectivity index (χ0) is 13.9. The van der Waals surface area contributed by atoms with E-state index in [1.165, 1.54) is 24.1 Å². The lowest BCUT2D eigenvalue weighted by Crippen LogP contribution is -2.44. The molecule has 0 saturated heterocycles. The molecule has 1 fully saturated rings. The van der Waals surface area contributed by atoms with E-state index in [1.54, 1.807) is 0 Å². The van der Waals surface area contributed by atoms with Crippen molar-refractivity contribution in [2.75, 3.05) is 13.1 Å². The molecular formula is C16H28N2S. The van der Waals surface area contributed by atoms with Crippen LogP contribution >= 0.6 is 11.3 Å². The van der Waals surface area contributed by atoms with Crippen LogP contribution in [-0.2, 0) is 6.54 Å². The highest BCUT2D eigenvalue weighted by atomic mass is 32.1. The van der Waals surface area contributed by atoms with Crippen molar-refractivity contribution in [2.24, 2.45) is 17.1 Å². The second-order valence-electron chi connectivity index (χ2n) is 6.74. The van der Waals surface area contributed by atoms with E-state index in [-0.39, 0.29) is 0 Å². The first-order valence-corrected chi connectivity index (χ1v) is 8.38. The molecular weight excluding hydrogens is 252 g/mol. The maximum Gasteiger partial charge on any atom is 0.0327 e. The second-order valence-corrected chi connectivity index (χ2v) is 7.77. The summed E-state index contributed by atoms with van der Waals surface area (Å²) in [5.74, 6) is 0.656. The van der Waals surface area contributed by atoms with Gasteiger partial charge in [-0.1, -0.05) is 26.8 Å². The van der Waals surface area contributed by atoms with Gasteiger partial charge < -0.3 is 5.73 Å². The molecule has 0 bridgehead atoms. The number of nitrogens with two attached hydrogens (primary N) is 1. The first-order valence-electron chi connectivity index (χ1n) is 7.50. The van der Waals surface area contributed by atoms with Crippen molar-refractivity contribution in [3.05, 3.63) is 22.4 Å². The van der Waals surface area contributed by atoms with E-state index in [1.807, 2.05) is 11.3 Å². The van der Waals surface area contributed by atoms with E-state index >= 15 is 0 Å². The molecule has 2 atom stereocenters. The van der Waals surface area contributed by atoms with E-state index < -0.39 is 0 Å². The largest absolute Gasteiger partial charge is 0.327 e. The van der Waals surface area contributed by atoms with Crippen molar-refractivity contribution >= 4 is 11.3 Å². The average molecular weight is 280 g/mol. The minimum Gasteiger partial charge on any atom is -0.327 e. The van der Waals surface area contributed by atoms with Gasteiger partial charge in [0.2, 0.25) is 0 Å². The standard InChI is InChI=1S/C16H28N2S/c1-4-18(12-14-6-5-9-19-14)11-13-10-16(2,3)8-7-15(13)17/h5-6,9,13,15H,4,7-8,10-12,17H2,1-3H3. The molecule has 19 heavy (non-hydrogen) atoms. The highest BCUT2D eigenvalue weighted by Crippen LogP contribution is 2.38. The van der Waals surface area contributed by atoms with Crippen LogP contribution in [0.1, 0.15) is 44.9 Å². The summed E-state index contributed by atoms with van der Waals surface area (Å²) in [6, 6.07) is 4.77. The lowest BCUT2D eigenvalue weighted by molar-refractivity contribution is 0.114. The Morgan fingerprint density at radius 1 is 1.47 bits per heavy atom. The lowest BCUT2D eigenvalue weighted by atomic mass is 9.70. The Labute approximate surface area is 122 Å². The Kier molecular flexibility index (Phi) is 5.04. The highest BCUT2D eigenvalue weighted by molar-refractivity contribution is 7.09. The van der Waals surface area contributed by atoms with Crippen molar-refractivity contribution in [3.63, 3.8) is 0 Å². The zero-order valence-electron chi connectivity index (χ0n) is 12.6. The summed E-state index contributed by atoms with van der Waals surface area (Å²) < 4.78 is 0. The monoisotopic (exact) mass is 280 g/mol. The first-order chi connectivity index (χ1) is 9.00. The van der Waals surface area contributed by atoms with E-state index in [2.05, 4.69) is 43.2 Å². The Morgan fingerprint density at radius 2 is 2.26 bits per heavy atom. The summed E-state index contributed by atoms with van der Waals surface area (Å²) in [5.41, 5.74) is 6.83. The zero-order valence-corrected chi connectivity index (χ0v) is 13.4. The molecule has 2 rings (SSSR count). The summed E-state index contributed by atoms with van der Waals surface area (Å²) in [7, 11) is 0. The molecule has 1 aromatic heterocycles. The topological polar surface area (TPSA) is 29.3 Å². The maximum absolute atomic E-state index is 6.35. The normalized spacial score (nSPS) is 26.8. The van der Waals surface area contributed by atoms with E-state index in [9.17, 15) is 0 Å². The fourth-order valence-corrected chi connectivity index (χ4v) is 3.96. The summed E-state index contributed by atoms with van der Waals surface area (Å²) in [6.07, 6.45) is 3.74. The number of hydrogen-bond donors (Lipinski definition) is 1. The predicted molar refractivity (Wildman–Crippen MR) is 84.4 cm³/mol. The van der Waals surface area contributed by atoms with Crippen LogP contribution in [-0.4, -0.2) is 24.0 Å². The van der Waals surface area contributed by atoms with Gasteiger partial charge in [0.1, 0.15) is 0 Å². The molecule has 1 aliphatic carbocycles. The molecule has 0 spiro atoms. The average Bonchev–Trinajstić information content (AvgIpc) is 2.85. The quantitative estimate of drug-likeness (QED) is 0.890. The van der Waals surface area contributed by atoms with E-state index in [0.717, 1.165) is 19.6 Å². The molecule has 0 amide bonds. The van der Waals surface area contributed by atoms with Crippen LogP contribution in [0.3, 0.4) is 0 Å². The van der Waals surface area contributed by atoms with Gasteiger partial charge >= 0.3 is 0 Å². The van der Waals surface area contributed by atoms with Gasteiger partial charge in [-0.15, -0.1) is 11.3 Å². The molecule has 108 valence electrons. The molecule has 1 aliphatic rings. The van der Waals surface area contributed by atoms with Gasteiger partial charge in [-0.05, 0) is 48.6 Å². The van der Waals surface area contributed by atoms with Gasteiger partial charge in [-0.2, -0.15) is 0 Å². The van der Waals surface area contributed by atoms with Gasteiger partial charge in [-0.25, -0.2) is 0 Å². The summed E-state index contributed by atoms with van der Waals surface area (Å²) in [5, 5.41) is 2.17. The highest BCUT2D eigenvalue weighted by Gasteiger charge is 2.33. The van der Waals surface area contributed by atoms with Gasteiger partial charge in [0.15, 0.2) is 0 Å². The third-order valence-electron chi connectivity index (χ3n) is 4.47. The summed E-state index contributed by atoms with van der Waals surface area (Å²) >= 11 is 1.86. The molecule has 2 N–H and O–H groups in total. The van der Waals surface area contributed by atoms with Gasteiger partial charge in [-0.3, -0.25) is 4.90 Å². The SMILES string of the molecule is CCN(Cc1cccs1)CC1CC(C)(C)CCC1N. The maximum atomic E-state index is 6.35. The summed E-state index contributed by atoms with van der Waals surface area (Å²) in [4.78, 5) is 4.02. The van der Waals surface area contributed by atoms with E-state index in [4.69, 9.17) is 5.73 Å². The second kappa shape index (κ2) is 6.38. The van der Waals surface area contributed by atoms with Gasteiger partial charge in [0.25, 0.3) is 0 Å². The van der Waals surface area contributed by atoms with Crippen LogP contribution in [0, 0.1) is 11.3 Å². The number of nitrogens with zero attached hydrogens (tertiary/aromatic N) is 1. The number of rotatable bonds is 5. The van der Waals surface area contributed by atoms with Crippen LogP contribution < -0.4 is 5.73 Å². The first kappa shape index (κ1) is 15.0. The van der Waals surface area contributed by atoms with Crippen LogP contribution in [0.25, 0.3) is 0 Å². The lowest BCUT2D eigenvalue weighted by Gasteiger charge is -2.41. The van der Waals surface area contributed by atoms with Crippen LogP contribution in [0.5, 0.6) is 0 Å². The van der Waals surface area contributed by atoms with Gasteiger partial charge in [0, 0.05) is 24.0 Å². The minimum absolute atomic E-state index is 0.394. The van der Waals surface area contributed by atoms with Crippen molar-refractivity contribution in [1.82, 2.24) is 4.90 Å². The molecule has 2 nitrogen and oxygen atoms in total. The molecule has 0 aromatic carbocycles. The van der Waals surface area contributed by atoms with Crippen LogP contribution in [0.4, 0.5) is 0 Å². The van der Waals surface area contributed by atoms with Crippen molar-refractivity contribution in [1.29, 1.82) is 0 Å². The summed E-state index contributed by atoms with van der Waals surface area (Å²) in [6.45, 7) is 10.4. The van der Waals surface area contributed by atoms with Crippen molar-refractivity contribution in [3.8, 4) is 0 Å². The minimum atomic E-state index is 0.394. The predicted octanol–water partition coefficient (Wildman–Crippen LogP) is 3.72. The Morgan fingerprint density at radius 3 is 2.89 bits per heavy atom. The molecule has 1 aromatic rings. The molecule has 2 unspecified atom stereocenters. The van der Waals surface area contributed by atoms with Crippen LogP contribution in [0.2, 0.25) is 0 Å². The number of thiophene rings is 1. The fraction of sp³-hybridized carbons (Fsp3) is 0.750. The van der Waals surface area contributed by atoms with Crippen molar-refractivity contribution in [2.45, 2.75) is 52.6 Å². The van der Waals surface area contributed by atoms with E-state index in [0.29, 0.717) is 17.4 Å². The van der Waals surface area contributed by atoms with Gasteiger partial charge in [0.05, 0.1) is 0 Å². The number of hydrogen-bond acceptors (Lipinski definition) is 3. The third kappa shape index (κ3) is 4.30. The Bertz CT molecular complexity index is 372. The third-order valence-corrected chi connectivity index (χ3v) is 5.34. The molecule has 1 saturated carbocycles. The molecule has 3 heteroatoms. The van der Waals surface area contributed by atoms with Crippen molar-refractivity contribution < 1.29 is 0 Å². The molecule has 0 aliphatic heterocycles.